The highest BCUT2D eigenvalue weighted by Gasteiger charge is 2.22. The summed E-state index contributed by atoms with van der Waals surface area (Å²) in [6.07, 6.45) is 3.95. The van der Waals surface area contributed by atoms with Crippen molar-refractivity contribution in [3.05, 3.63) is 83.2 Å². The standard InChI is InChI=1S/C26H32N4O2/c1-20(2)23-7-9-25(10-8-23)32-19-21-5-4-6-24(15-21)26(31)30-13-11-29(12-14-30)18-22-16-27-28(3)17-22/h4-10,15-17,20H,11-14,18-19H2,1-3H3. The normalized spacial score (nSPS) is 14.7. The summed E-state index contributed by atoms with van der Waals surface area (Å²) in [6.45, 7) is 8.90. The van der Waals surface area contributed by atoms with Crippen molar-refractivity contribution in [2.75, 3.05) is 26.2 Å². The molecule has 1 aliphatic heterocycles. The molecule has 0 atom stereocenters. The topological polar surface area (TPSA) is 50.6 Å². The third-order valence-electron chi connectivity index (χ3n) is 5.95. The monoisotopic (exact) mass is 432 g/mol. The molecule has 0 spiro atoms. The first-order valence-corrected chi connectivity index (χ1v) is 11.3. The Morgan fingerprint density at radius 1 is 1.03 bits per heavy atom. The molecule has 1 fully saturated rings. The molecule has 1 saturated heterocycles. The van der Waals surface area contributed by atoms with Gasteiger partial charge in [0.25, 0.3) is 5.91 Å². The van der Waals surface area contributed by atoms with Crippen molar-refractivity contribution in [3.8, 4) is 5.75 Å². The van der Waals surface area contributed by atoms with E-state index < -0.39 is 0 Å². The summed E-state index contributed by atoms with van der Waals surface area (Å²) in [6, 6.07) is 16.0. The molecule has 6 heteroatoms. The minimum absolute atomic E-state index is 0.0918. The van der Waals surface area contributed by atoms with Crippen LogP contribution in [-0.4, -0.2) is 51.7 Å². The van der Waals surface area contributed by atoms with Gasteiger partial charge in [0.1, 0.15) is 12.4 Å². The first-order valence-electron chi connectivity index (χ1n) is 11.3. The van der Waals surface area contributed by atoms with Gasteiger partial charge in [0, 0.05) is 57.1 Å². The van der Waals surface area contributed by atoms with Crippen molar-refractivity contribution < 1.29 is 9.53 Å². The second-order valence-electron chi connectivity index (χ2n) is 8.80. The average Bonchev–Trinajstić information content (AvgIpc) is 3.22. The molecule has 0 bridgehead atoms. The number of aryl methyl sites for hydroxylation is 1. The van der Waals surface area contributed by atoms with Crippen LogP contribution in [0.5, 0.6) is 5.75 Å². The Hall–Kier alpha value is -3.12. The van der Waals surface area contributed by atoms with Crippen LogP contribution in [0.2, 0.25) is 0 Å². The zero-order valence-corrected chi connectivity index (χ0v) is 19.2. The molecule has 4 rings (SSSR count). The molecule has 1 amide bonds. The van der Waals surface area contributed by atoms with Gasteiger partial charge in [-0.2, -0.15) is 5.10 Å². The van der Waals surface area contributed by atoms with Gasteiger partial charge in [-0.1, -0.05) is 38.1 Å². The number of amides is 1. The number of aromatic nitrogens is 2. The van der Waals surface area contributed by atoms with Crippen LogP contribution in [0.25, 0.3) is 0 Å². The fraction of sp³-hybridized carbons (Fsp3) is 0.385. The smallest absolute Gasteiger partial charge is 0.253 e. The molecule has 0 unspecified atom stereocenters. The quantitative estimate of drug-likeness (QED) is 0.565. The molecule has 2 aromatic carbocycles. The van der Waals surface area contributed by atoms with E-state index in [0.29, 0.717) is 12.5 Å². The number of carbonyl (C=O) groups excluding carboxylic acids is 1. The van der Waals surface area contributed by atoms with Gasteiger partial charge in [-0.3, -0.25) is 14.4 Å². The molecule has 0 aliphatic carbocycles. The van der Waals surface area contributed by atoms with E-state index in [1.165, 1.54) is 11.1 Å². The Bertz CT molecular complexity index is 1030. The number of hydrogen-bond donors (Lipinski definition) is 0. The van der Waals surface area contributed by atoms with Crippen molar-refractivity contribution in [1.29, 1.82) is 0 Å². The van der Waals surface area contributed by atoms with Crippen LogP contribution < -0.4 is 4.74 Å². The van der Waals surface area contributed by atoms with Crippen LogP contribution >= 0.6 is 0 Å². The van der Waals surface area contributed by atoms with Gasteiger partial charge in [-0.05, 0) is 41.3 Å². The van der Waals surface area contributed by atoms with E-state index in [4.69, 9.17) is 4.74 Å². The number of nitrogens with zero attached hydrogens (tertiary/aromatic N) is 4. The summed E-state index contributed by atoms with van der Waals surface area (Å²) in [4.78, 5) is 17.4. The van der Waals surface area contributed by atoms with Crippen LogP contribution in [0, 0.1) is 0 Å². The van der Waals surface area contributed by atoms with Crippen molar-refractivity contribution in [1.82, 2.24) is 19.6 Å². The van der Waals surface area contributed by atoms with E-state index in [-0.39, 0.29) is 5.91 Å². The second-order valence-corrected chi connectivity index (χ2v) is 8.80. The molecule has 3 aromatic rings. The number of hydrogen-bond acceptors (Lipinski definition) is 4. The minimum atomic E-state index is 0.0918. The van der Waals surface area contributed by atoms with E-state index >= 15 is 0 Å². The summed E-state index contributed by atoms with van der Waals surface area (Å²) < 4.78 is 7.77. The SMILES string of the molecule is CC(C)c1ccc(OCc2cccc(C(=O)N3CCN(Cc4cnn(C)c4)CC3)c2)cc1. The third-order valence-corrected chi connectivity index (χ3v) is 5.95. The Balaban J connectivity index is 1.30. The third kappa shape index (κ3) is 5.56. The summed E-state index contributed by atoms with van der Waals surface area (Å²) in [5, 5.41) is 4.23. The molecule has 0 N–H and O–H groups in total. The van der Waals surface area contributed by atoms with Gasteiger partial charge >= 0.3 is 0 Å². The summed E-state index contributed by atoms with van der Waals surface area (Å²) in [7, 11) is 1.93. The molecule has 1 aliphatic rings. The number of ether oxygens (including phenoxy) is 1. The van der Waals surface area contributed by atoms with Crippen molar-refractivity contribution >= 4 is 5.91 Å². The van der Waals surface area contributed by atoms with E-state index in [1.54, 1.807) is 0 Å². The zero-order valence-electron chi connectivity index (χ0n) is 19.2. The molecule has 1 aromatic heterocycles. The van der Waals surface area contributed by atoms with E-state index in [0.717, 1.165) is 49.6 Å². The molecule has 0 saturated carbocycles. The van der Waals surface area contributed by atoms with Crippen molar-refractivity contribution in [2.45, 2.75) is 32.9 Å². The van der Waals surface area contributed by atoms with Crippen LogP contribution in [0.4, 0.5) is 0 Å². The maximum atomic E-state index is 13.0. The largest absolute Gasteiger partial charge is 0.489 e. The van der Waals surface area contributed by atoms with Crippen LogP contribution in [-0.2, 0) is 20.2 Å². The second kappa shape index (κ2) is 10.0. The maximum absolute atomic E-state index is 13.0. The minimum Gasteiger partial charge on any atom is -0.489 e. The van der Waals surface area contributed by atoms with Crippen molar-refractivity contribution in [3.63, 3.8) is 0 Å². The maximum Gasteiger partial charge on any atom is 0.253 e. The van der Waals surface area contributed by atoms with Gasteiger partial charge in [0.2, 0.25) is 0 Å². The lowest BCUT2D eigenvalue weighted by molar-refractivity contribution is 0.0628. The first kappa shape index (κ1) is 22.1. The number of piperazine rings is 1. The Labute approximate surface area is 190 Å². The molecular weight excluding hydrogens is 400 g/mol. The molecule has 0 radical (unpaired) electrons. The van der Waals surface area contributed by atoms with E-state index in [1.807, 2.05) is 65.4 Å². The van der Waals surface area contributed by atoms with Gasteiger partial charge < -0.3 is 9.64 Å². The van der Waals surface area contributed by atoms with E-state index in [9.17, 15) is 4.79 Å². The lowest BCUT2D eigenvalue weighted by atomic mass is 10.0. The lowest BCUT2D eigenvalue weighted by Gasteiger charge is -2.34. The van der Waals surface area contributed by atoms with Crippen LogP contribution in [0.3, 0.4) is 0 Å². The van der Waals surface area contributed by atoms with Gasteiger partial charge in [0.15, 0.2) is 0 Å². The average molecular weight is 433 g/mol. The number of carbonyl (C=O) groups is 1. The lowest BCUT2D eigenvalue weighted by Crippen LogP contribution is -2.48. The predicted octanol–water partition coefficient (Wildman–Crippen LogP) is 4.08. The highest BCUT2D eigenvalue weighted by Crippen LogP contribution is 2.20. The first-order chi connectivity index (χ1) is 15.5. The highest BCUT2D eigenvalue weighted by atomic mass is 16.5. The predicted molar refractivity (Wildman–Crippen MR) is 126 cm³/mol. The highest BCUT2D eigenvalue weighted by molar-refractivity contribution is 5.94. The molecule has 32 heavy (non-hydrogen) atoms. The molecule has 2 heterocycles. The molecule has 168 valence electrons. The van der Waals surface area contributed by atoms with E-state index in [2.05, 4.69) is 36.0 Å². The molecule has 6 nitrogen and oxygen atoms in total. The summed E-state index contributed by atoms with van der Waals surface area (Å²) in [5.41, 5.74) is 4.23. The van der Waals surface area contributed by atoms with Gasteiger partial charge in [0.05, 0.1) is 6.20 Å². The van der Waals surface area contributed by atoms with Crippen LogP contribution in [0.1, 0.15) is 46.8 Å². The Morgan fingerprint density at radius 3 is 2.44 bits per heavy atom. The fourth-order valence-electron chi connectivity index (χ4n) is 4.01. The number of rotatable bonds is 7. The van der Waals surface area contributed by atoms with Crippen LogP contribution in [0.15, 0.2) is 60.9 Å². The fourth-order valence-corrected chi connectivity index (χ4v) is 4.01. The zero-order chi connectivity index (χ0) is 22.5. The Morgan fingerprint density at radius 2 is 1.78 bits per heavy atom. The summed E-state index contributed by atoms with van der Waals surface area (Å²) in [5.74, 6) is 1.44. The van der Waals surface area contributed by atoms with Gasteiger partial charge in [-0.15, -0.1) is 0 Å². The Kier molecular flexibility index (Phi) is 6.90. The van der Waals surface area contributed by atoms with Crippen molar-refractivity contribution in [2.24, 2.45) is 7.05 Å². The summed E-state index contributed by atoms with van der Waals surface area (Å²) >= 11 is 0. The number of benzene rings is 2. The molecular formula is C26H32N4O2. The van der Waals surface area contributed by atoms with Gasteiger partial charge in [-0.25, -0.2) is 0 Å².